The van der Waals surface area contributed by atoms with E-state index in [-0.39, 0.29) is 17.6 Å². The lowest BCUT2D eigenvalue weighted by Crippen LogP contribution is -2.30. The van der Waals surface area contributed by atoms with Gasteiger partial charge in [-0.3, -0.25) is 4.79 Å². The number of aromatic nitrogens is 1. The summed E-state index contributed by atoms with van der Waals surface area (Å²) in [7, 11) is 0. The minimum absolute atomic E-state index is 0.175. The summed E-state index contributed by atoms with van der Waals surface area (Å²) in [4.78, 5) is 14.4. The monoisotopic (exact) mass is 330 g/mol. The molecule has 128 valence electrons. The lowest BCUT2D eigenvalue weighted by molar-refractivity contribution is 0.0707. The fourth-order valence-corrected chi connectivity index (χ4v) is 2.61. The van der Waals surface area contributed by atoms with E-state index >= 15 is 0 Å². The van der Waals surface area contributed by atoms with Crippen molar-refractivity contribution in [3.05, 3.63) is 41.3 Å². The van der Waals surface area contributed by atoms with Gasteiger partial charge in [-0.2, -0.15) is 0 Å². The quantitative estimate of drug-likeness (QED) is 0.842. The van der Waals surface area contributed by atoms with Crippen LogP contribution in [0, 0.1) is 0 Å². The average molecular weight is 330 g/mol. The summed E-state index contributed by atoms with van der Waals surface area (Å²) in [6.45, 7) is 8.01. The topological polar surface area (TPSA) is 64.8 Å². The van der Waals surface area contributed by atoms with Gasteiger partial charge in [0.2, 0.25) is 5.76 Å². The molecule has 1 aromatic heterocycles. The molecule has 1 amide bonds. The van der Waals surface area contributed by atoms with Gasteiger partial charge in [-0.1, -0.05) is 31.1 Å². The molecule has 6 nitrogen and oxygen atoms in total. The van der Waals surface area contributed by atoms with Gasteiger partial charge in [0.15, 0.2) is 11.5 Å². The molecule has 1 aliphatic rings. The Labute approximate surface area is 141 Å². The third-order valence-corrected chi connectivity index (χ3v) is 4.01. The van der Waals surface area contributed by atoms with Crippen LogP contribution in [0.25, 0.3) is 0 Å². The van der Waals surface area contributed by atoms with Gasteiger partial charge in [-0.15, -0.1) is 0 Å². The first-order valence-corrected chi connectivity index (χ1v) is 8.23. The Balaban J connectivity index is 1.80. The Morgan fingerprint density at radius 2 is 2.08 bits per heavy atom. The van der Waals surface area contributed by atoms with Gasteiger partial charge < -0.3 is 18.9 Å². The minimum Gasteiger partial charge on any atom is -0.486 e. The molecular weight excluding hydrogens is 308 g/mol. The summed E-state index contributed by atoms with van der Waals surface area (Å²) in [5, 5.41) is 3.96. The number of carbonyl (C=O) groups is 1. The standard InChI is InChI=1S/C18H22N2O4/c1-4-20(18(21)16-10-14(12(2)3)19-24-16)11-13-6-5-7-15-17(13)23-9-8-22-15/h5-7,10,12H,4,8-9,11H2,1-3H3. The summed E-state index contributed by atoms with van der Waals surface area (Å²) < 4.78 is 16.5. The van der Waals surface area contributed by atoms with Crippen molar-refractivity contribution < 1.29 is 18.8 Å². The molecule has 0 radical (unpaired) electrons. The van der Waals surface area contributed by atoms with Crippen LogP contribution >= 0.6 is 0 Å². The number of carbonyl (C=O) groups excluding carboxylic acids is 1. The van der Waals surface area contributed by atoms with Crippen molar-refractivity contribution >= 4 is 5.91 Å². The second-order valence-electron chi connectivity index (χ2n) is 6.03. The third-order valence-electron chi connectivity index (χ3n) is 4.01. The number of amides is 1. The van der Waals surface area contributed by atoms with Gasteiger partial charge in [0.05, 0.1) is 5.69 Å². The Bertz CT molecular complexity index is 724. The van der Waals surface area contributed by atoms with Crippen LogP contribution in [0.2, 0.25) is 0 Å². The molecule has 0 aliphatic carbocycles. The molecule has 1 aliphatic heterocycles. The highest BCUT2D eigenvalue weighted by Crippen LogP contribution is 2.34. The Morgan fingerprint density at radius 3 is 2.79 bits per heavy atom. The van der Waals surface area contributed by atoms with Crippen molar-refractivity contribution in [3.63, 3.8) is 0 Å². The molecule has 0 N–H and O–H groups in total. The number of ether oxygens (including phenoxy) is 2. The summed E-state index contributed by atoms with van der Waals surface area (Å²) in [6.07, 6.45) is 0. The van der Waals surface area contributed by atoms with Crippen LogP contribution in [0.1, 0.15) is 48.5 Å². The molecule has 1 aromatic carbocycles. The number of nitrogens with zero attached hydrogens (tertiary/aromatic N) is 2. The lowest BCUT2D eigenvalue weighted by Gasteiger charge is -2.24. The minimum atomic E-state index is -0.175. The number of benzene rings is 1. The third kappa shape index (κ3) is 3.22. The molecule has 6 heteroatoms. The zero-order valence-corrected chi connectivity index (χ0v) is 14.2. The van der Waals surface area contributed by atoms with Crippen molar-refractivity contribution in [2.24, 2.45) is 0 Å². The largest absolute Gasteiger partial charge is 0.486 e. The zero-order chi connectivity index (χ0) is 17.1. The highest BCUT2D eigenvalue weighted by atomic mass is 16.6. The highest BCUT2D eigenvalue weighted by molar-refractivity contribution is 5.91. The Hall–Kier alpha value is -2.50. The molecule has 24 heavy (non-hydrogen) atoms. The summed E-state index contributed by atoms with van der Waals surface area (Å²) >= 11 is 0. The first-order chi connectivity index (χ1) is 11.6. The van der Waals surface area contributed by atoms with E-state index in [2.05, 4.69) is 5.16 Å². The zero-order valence-electron chi connectivity index (χ0n) is 14.2. The van der Waals surface area contributed by atoms with E-state index in [4.69, 9.17) is 14.0 Å². The number of hydrogen-bond acceptors (Lipinski definition) is 5. The van der Waals surface area contributed by atoms with E-state index < -0.39 is 0 Å². The Kier molecular flexibility index (Phi) is 4.74. The van der Waals surface area contributed by atoms with Gasteiger partial charge in [-0.05, 0) is 18.9 Å². The molecule has 3 rings (SSSR count). The maximum absolute atomic E-state index is 12.7. The van der Waals surface area contributed by atoms with Crippen LogP contribution in [0.3, 0.4) is 0 Å². The first-order valence-electron chi connectivity index (χ1n) is 8.23. The summed E-state index contributed by atoms with van der Waals surface area (Å²) in [5.41, 5.74) is 1.70. The van der Waals surface area contributed by atoms with Crippen LogP contribution in [-0.2, 0) is 6.54 Å². The van der Waals surface area contributed by atoms with E-state index in [0.717, 1.165) is 22.8 Å². The second kappa shape index (κ2) is 6.95. The highest BCUT2D eigenvalue weighted by Gasteiger charge is 2.23. The van der Waals surface area contributed by atoms with Crippen molar-refractivity contribution in [2.45, 2.75) is 33.2 Å². The first kappa shape index (κ1) is 16.4. The number of fused-ring (bicyclic) bond motifs is 1. The molecule has 0 spiro atoms. The fourth-order valence-electron chi connectivity index (χ4n) is 2.61. The molecule has 2 aromatic rings. The molecule has 0 bridgehead atoms. The normalized spacial score (nSPS) is 13.2. The molecule has 0 saturated carbocycles. The van der Waals surface area contributed by atoms with Gasteiger partial charge in [-0.25, -0.2) is 0 Å². The number of para-hydroxylation sites is 1. The summed E-state index contributed by atoms with van der Waals surface area (Å²) in [6, 6.07) is 7.45. The summed E-state index contributed by atoms with van der Waals surface area (Å²) in [5.74, 6) is 1.75. The van der Waals surface area contributed by atoms with E-state index in [9.17, 15) is 4.79 Å². The predicted molar refractivity (Wildman–Crippen MR) is 88.4 cm³/mol. The average Bonchev–Trinajstić information content (AvgIpc) is 3.09. The number of rotatable bonds is 5. The maximum atomic E-state index is 12.7. The van der Waals surface area contributed by atoms with Gasteiger partial charge in [0.1, 0.15) is 13.2 Å². The molecule has 2 heterocycles. The molecule has 0 atom stereocenters. The van der Waals surface area contributed by atoms with E-state index in [0.29, 0.717) is 26.3 Å². The molecule has 0 saturated heterocycles. The lowest BCUT2D eigenvalue weighted by atomic mass is 10.1. The van der Waals surface area contributed by atoms with Crippen molar-refractivity contribution in [3.8, 4) is 11.5 Å². The van der Waals surface area contributed by atoms with Crippen LogP contribution in [-0.4, -0.2) is 35.7 Å². The van der Waals surface area contributed by atoms with E-state index in [1.807, 2.05) is 39.0 Å². The van der Waals surface area contributed by atoms with Crippen molar-refractivity contribution in [2.75, 3.05) is 19.8 Å². The van der Waals surface area contributed by atoms with Crippen molar-refractivity contribution in [1.29, 1.82) is 0 Å². The van der Waals surface area contributed by atoms with Crippen LogP contribution < -0.4 is 9.47 Å². The second-order valence-corrected chi connectivity index (χ2v) is 6.03. The van der Waals surface area contributed by atoms with E-state index in [1.165, 1.54) is 0 Å². The van der Waals surface area contributed by atoms with Gasteiger partial charge in [0, 0.05) is 24.7 Å². The Morgan fingerprint density at radius 1 is 1.29 bits per heavy atom. The predicted octanol–water partition coefficient (Wildman–Crippen LogP) is 3.23. The van der Waals surface area contributed by atoms with Crippen molar-refractivity contribution in [1.82, 2.24) is 10.1 Å². The van der Waals surface area contributed by atoms with Gasteiger partial charge in [0.25, 0.3) is 5.91 Å². The molecule has 0 unspecified atom stereocenters. The van der Waals surface area contributed by atoms with Crippen LogP contribution in [0.5, 0.6) is 11.5 Å². The molecule has 0 fully saturated rings. The molecular formula is C18H22N2O4. The van der Waals surface area contributed by atoms with Gasteiger partial charge >= 0.3 is 0 Å². The fraction of sp³-hybridized carbons (Fsp3) is 0.444. The van der Waals surface area contributed by atoms with Crippen LogP contribution in [0.4, 0.5) is 0 Å². The smallest absolute Gasteiger partial charge is 0.292 e. The SMILES string of the molecule is CCN(Cc1cccc2c1OCCO2)C(=O)c1cc(C(C)C)no1. The van der Waals surface area contributed by atoms with E-state index in [1.54, 1.807) is 11.0 Å². The van der Waals surface area contributed by atoms with Crippen LogP contribution in [0.15, 0.2) is 28.8 Å². The maximum Gasteiger partial charge on any atom is 0.292 e. The number of hydrogen-bond donors (Lipinski definition) is 0.